The number of aryl methyl sites for hydroxylation is 1. The van der Waals surface area contributed by atoms with E-state index < -0.39 is 19.7 Å². The number of sulfone groups is 2. The molecule has 0 unspecified atom stereocenters. The van der Waals surface area contributed by atoms with Gasteiger partial charge in [0.2, 0.25) is 0 Å². The zero-order valence-corrected chi connectivity index (χ0v) is 15.6. The summed E-state index contributed by atoms with van der Waals surface area (Å²) < 4.78 is 60.3. The smallest absolute Gasteiger partial charge is 0.177 e. The quantitative estimate of drug-likeness (QED) is 0.741. The normalized spacial score (nSPS) is 12.1. The van der Waals surface area contributed by atoms with Crippen LogP contribution in [0.2, 0.25) is 0 Å². The Bertz CT molecular complexity index is 970. The molecule has 0 aliphatic carbocycles. The molecular weight excluding hydrogens is 365 g/mol. The van der Waals surface area contributed by atoms with Crippen molar-refractivity contribution in [1.29, 1.82) is 0 Å². The Labute approximate surface area is 147 Å². The van der Waals surface area contributed by atoms with E-state index in [1.54, 1.807) is 6.07 Å². The Morgan fingerprint density at radius 2 is 1.68 bits per heavy atom. The minimum atomic E-state index is -3.59. The largest absolute Gasteiger partial charge is 0.384 e. The Kier molecular flexibility index (Phi) is 5.84. The monoisotopic (exact) mass is 385 g/mol. The van der Waals surface area contributed by atoms with Crippen LogP contribution in [0.4, 0.5) is 10.1 Å². The second kappa shape index (κ2) is 7.53. The number of anilines is 1. The standard InChI is InChI=1S/C17H20FNO4S2/c1-24(20,21)15-8-9-16(17(12-15)25(2,22)23)19-10-4-6-13-5-3-7-14(18)11-13/h3,5,7-9,11-12,19H,4,6,10H2,1-2H3. The SMILES string of the molecule is CS(=O)(=O)c1ccc(NCCCc2cccc(F)c2)c(S(C)(=O)=O)c1. The highest BCUT2D eigenvalue weighted by Gasteiger charge is 2.17. The maximum atomic E-state index is 13.1. The third kappa shape index (κ3) is 5.54. The van der Waals surface area contributed by atoms with Crippen LogP contribution >= 0.6 is 0 Å². The first kappa shape index (κ1) is 19.4. The number of nitrogens with one attached hydrogen (secondary N) is 1. The molecule has 2 aromatic rings. The van der Waals surface area contributed by atoms with Crippen molar-refractivity contribution in [2.24, 2.45) is 0 Å². The summed E-state index contributed by atoms with van der Waals surface area (Å²) in [5.41, 5.74) is 1.21. The molecule has 0 fully saturated rings. The van der Waals surface area contributed by atoms with E-state index >= 15 is 0 Å². The van der Waals surface area contributed by atoms with Crippen LogP contribution in [0.25, 0.3) is 0 Å². The van der Waals surface area contributed by atoms with Crippen LogP contribution in [0.15, 0.2) is 52.3 Å². The Morgan fingerprint density at radius 3 is 2.28 bits per heavy atom. The van der Waals surface area contributed by atoms with Gasteiger partial charge in [-0.2, -0.15) is 0 Å². The minimum absolute atomic E-state index is 0.0433. The van der Waals surface area contributed by atoms with Crippen LogP contribution in [0.3, 0.4) is 0 Å². The van der Waals surface area contributed by atoms with E-state index in [9.17, 15) is 21.2 Å². The molecule has 25 heavy (non-hydrogen) atoms. The van der Waals surface area contributed by atoms with E-state index in [-0.39, 0.29) is 15.6 Å². The van der Waals surface area contributed by atoms with Crippen molar-refractivity contribution < 1.29 is 21.2 Å². The summed E-state index contributed by atoms with van der Waals surface area (Å²) in [5.74, 6) is -0.291. The van der Waals surface area contributed by atoms with Crippen molar-refractivity contribution in [1.82, 2.24) is 0 Å². The average Bonchev–Trinajstić information content (AvgIpc) is 2.50. The predicted octanol–water partition coefficient (Wildman–Crippen LogP) is 2.68. The summed E-state index contributed by atoms with van der Waals surface area (Å²) in [4.78, 5) is -0.0978. The molecule has 2 aromatic carbocycles. The van der Waals surface area contributed by atoms with Crippen LogP contribution < -0.4 is 5.32 Å². The molecular formula is C17H20FNO4S2. The number of hydrogen-bond acceptors (Lipinski definition) is 5. The fraction of sp³-hybridized carbons (Fsp3) is 0.294. The van der Waals surface area contributed by atoms with Gasteiger partial charge in [-0.15, -0.1) is 0 Å². The Hall–Kier alpha value is -1.93. The van der Waals surface area contributed by atoms with Gasteiger partial charge in [0.1, 0.15) is 5.82 Å². The molecule has 0 radical (unpaired) electrons. The van der Waals surface area contributed by atoms with E-state index in [4.69, 9.17) is 0 Å². The van der Waals surface area contributed by atoms with E-state index in [1.807, 2.05) is 6.07 Å². The fourth-order valence-corrected chi connectivity index (χ4v) is 4.00. The van der Waals surface area contributed by atoms with Gasteiger partial charge in [-0.05, 0) is 48.7 Å². The lowest BCUT2D eigenvalue weighted by Gasteiger charge is -2.12. The predicted molar refractivity (Wildman–Crippen MR) is 95.9 cm³/mol. The highest BCUT2D eigenvalue weighted by molar-refractivity contribution is 7.91. The zero-order valence-electron chi connectivity index (χ0n) is 14.0. The average molecular weight is 385 g/mol. The summed E-state index contributed by atoms with van der Waals surface area (Å²) in [6.07, 6.45) is 3.37. The van der Waals surface area contributed by atoms with E-state index in [2.05, 4.69) is 5.32 Å². The maximum absolute atomic E-state index is 13.1. The minimum Gasteiger partial charge on any atom is -0.384 e. The topological polar surface area (TPSA) is 80.3 Å². The number of halogens is 1. The molecule has 8 heteroatoms. The first-order chi connectivity index (χ1) is 11.6. The molecule has 0 heterocycles. The summed E-state index contributed by atoms with van der Waals surface area (Å²) >= 11 is 0. The highest BCUT2D eigenvalue weighted by atomic mass is 32.2. The molecule has 2 rings (SSSR count). The molecule has 0 saturated heterocycles. The van der Waals surface area contributed by atoms with Crippen LogP contribution in [0.1, 0.15) is 12.0 Å². The van der Waals surface area contributed by atoms with Crippen molar-refractivity contribution in [2.45, 2.75) is 22.6 Å². The van der Waals surface area contributed by atoms with Crippen molar-refractivity contribution in [2.75, 3.05) is 24.4 Å². The lowest BCUT2D eigenvalue weighted by Crippen LogP contribution is -2.10. The van der Waals surface area contributed by atoms with Gasteiger partial charge in [0, 0.05) is 19.1 Å². The molecule has 0 saturated carbocycles. The van der Waals surface area contributed by atoms with Gasteiger partial charge >= 0.3 is 0 Å². The fourth-order valence-electron chi connectivity index (χ4n) is 2.39. The van der Waals surface area contributed by atoms with Crippen LogP contribution in [0.5, 0.6) is 0 Å². The molecule has 5 nitrogen and oxygen atoms in total. The molecule has 0 bridgehead atoms. The van der Waals surface area contributed by atoms with Crippen LogP contribution in [-0.2, 0) is 26.1 Å². The third-order valence-electron chi connectivity index (χ3n) is 3.63. The Morgan fingerprint density at radius 1 is 0.960 bits per heavy atom. The van der Waals surface area contributed by atoms with E-state index in [0.717, 1.165) is 18.1 Å². The van der Waals surface area contributed by atoms with Crippen LogP contribution in [0, 0.1) is 5.82 Å². The summed E-state index contributed by atoms with van der Waals surface area (Å²) in [6.45, 7) is 0.469. The van der Waals surface area contributed by atoms with Gasteiger partial charge in [0.25, 0.3) is 0 Å². The van der Waals surface area contributed by atoms with Crippen molar-refractivity contribution in [3.63, 3.8) is 0 Å². The zero-order chi connectivity index (χ0) is 18.7. The molecule has 136 valence electrons. The number of rotatable bonds is 7. The van der Waals surface area contributed by atoms with Crippen molar-refractivity contribution >= 4 is 25.4 Å². The number of hydrogen-bond donors (Lipinski definition) is 1. The molecule has 0 atom stereocenters. The number of benzene rings is 2. The highest BCUT2D eigenvalue weighted by Crippen LogP contribution is 2.25. The van der Waals surface area contributed by atoms with Gasteiger partial charge < -0.3 is 5.32 Å². The Balaban J connectivity index is 2.11. The second-order valence-corrected chi connectivity index (χ2v) is 9.86. The van der Waals surface area contributed by atoms with Gasteiger partial charge in [-0.3, -0.25) is 0 Å². The molecule has 0 aliphatic heterocycles. The molecule has 0 amide bonds. The van der Waals surface area contributed by atoms with Gasteiger partial charge in [-0.25, -0.2) is 21.2 Å². The first-order valence-corrected chi connectivity index (χ1v) is 11.4. The lowest BCUT2D eigenvalue weighted by molar-refractivity contribution is 0.600. The molecule has 0 aliphatic rings. The molecule has 0 spiro atoms. The van der Waals surface area contributed by atoms with Crippen molar-refractivity contribution in [3.05, 3.63) is 53.8 Å². The van der Waals surface area contributed by atoms with Gasteiger partial charge in [0.15, 0.2) is 19.7 Å². The second-order valence-electron chi connectivity index (χ2n) is 5.86. The van der Waals surface area contributed by atoms with Crippen molar-refractivity contribution in [3.8, 4) is 0 Å². The first-order valence-electron chi connectivity index (χ1n) is 7.60. The molecule has 1 N–H and O–H groups in total. The summed E-state index contributed by atoms with van der Waals surface area (Å²) in [6, 6.07) is 10.3. The summed E-state index contributed by atoms with van der Waals surface area (Å²) in [7, 11) is -7.08. The van der Waals surface area contributed by atoms with Crippen LogP contribution in [-0.4, -0.2) is 35.9 Å². The van der Waals surface area contributed by atoms with Gasteiger partial charge in [-0.1, -0.05) is 12.1 Å². The van der Waals surface area contributed by atoms with Gasteiger partial charge in [0.05, 0.1) is 15.5 Å². The third-order valence-corrected chi connectivity index (χ3v) is 5.87. The summed E-state index contributed by atoms with van der Waals surface area (Å²) in [5, 5.41) is 3.02. The van der Waals surface area contributed by atoms with E-state index in [0.29, 0.717) is 25.1 Å². The van der Waals surface area contributed by atoms with E-state index in [1.165, 1.54) is 30.3 Å². The lowest BCUT2D eigenvalue weighted by atomic mass is 10.1. The molecule has 0 aromatic heterocycles. The maximum Gasteiger partial charge on any atom is 0.177 e.